The van der Waals surface area contributed by atoms with Crippen LogP contribution in [0.15, 0.2) is 0 Å². The van der Waals surface area contributed by atoms with Gasteiger partial charge in [0.05, 0.1) is 22.8 Å². The molecule has 0 radical (unpaired) electrons. The van der Waals surface area contributed by atoms with Crippen LogP contribution in [0.25, 0.3) is 10.2 Å². The molecular weight excluding hydrogens is 370 g/mol. The molecule has 0 aromatic carbocycles. The molecule has 8 nitrogen and oxygen atoms in total. The molecule has 0 aliphatic carbocycles. The average molecular weight is 393 g/mol. The molecule has 1 unspecified atom stereocenters. The van der Waals surface area contributed by atoms with Gasteiger partial charge in [-0.15, -0.1) is 11.3 Å². The number of aliphatic carboxylic acids is 1. The van der Waals surface area contributed by atoms with Crippen molar-refractivity contribution in [2.45, 2.75) is 33.3 Å². The summed E-state index contributed by atoms with van der Waals surface area (Å²) in [5.41, 5.74) is -0.162. The van der Waals surface area contributed by atoms with E-state index in [0.717, 1.165) is 5.56 Å². The van der Waals surface area contributed by atoms with E-state index in [-0.39, 0.29) is 19.1 Å². The number of carboxylic acids is 1. The van der Waals surface area contributed by atoms with Crippen LogP contribution in [0.5, 0.6) is 5.88 Å². The van der Waals surface area contributed by atoms with E-state index in [9.17, 15) is 14.7 Å². The van der Waals surface area contributed by atoms with Crippen LogP contribution in [0.1, 0.15) is 40.8 Å². The lowest BCUT2D eigenvalue weighted by Crippen LogP contribution is -2.48. The van der Waals surface area contributed by atoms with Gasteiger partial charge in [-0.25, -0.2) is 4.98 Å². The molecule has 9 heteroatoms. The molecule has 1 N–H and O–H groups in total. The van der Waals surface area contributed by atoms with Crippen molar-refractivity contribution in [3.63, 3.8) is 0 Å². The first-order valence-electron chi connectivity index (χ1n) is 8.66. The third-order valence-corrected chi connectivity index (χ3v) is 6.14. The minimum atomic E-state index is -0.915. The van der Waals surface area contributed by atoms with E-state index >= 15 is 0 Å². The lowest BCUT2D eigenvalue weighted by atomic mass is 9.82. The van der Waals surface area contributed by atoms with Crippen molar-refractivity contribution >= 4 is 33.4 Å². The first kappa shape index (κ1) is 19.5. The van der Waals surface area contributed by atoms with Crippen LogP contribution in [0.2, 0.25) is 0 Å². The molecule has 2 aromatic heterocycles. The second kappa shape index (κ2) is 7.40. The zero-order valence-electron chi connectivity index (χ0n) is 15.9. The lowest BCUT2D eigenvalue weighted by Gasteiger charge is -2.37. The van der Waals surface area contributed by atoms with Crippen molar-refractivity contribution in [2.75, 3.05) is 27.3 Å². The number of ether oxygens (including phenoxy) is 2. The highest BCUT2D eigenvalue weighted by Crippen LogP contribution is 2.37. The zero-order chi connectivity index (χ0) is 19.8. The molecular formula is C18H23N3O5S. The predicted octanol–water partition coefficient (Wildman–Crippen LogP) is 2.48. The summed E-state index contributed by atoms with van der Waals surface area (Å²) in [6.45, 7) is 4.53. The van der Waals surface area contributed by atoms with E-state index in [1.54, 1.807) is 18.9 Å². The molecule has 27 heavy (non-hydrogen) atoms. The molecule has 0 saturated carbocycles. The van der Waals surface area contributed by atoms with Gasteiger partial charge in [-0.2, -0.15) is 4.98 Å². The monoisotopic (exact) mass is 393 g/mol. The van der Waals surface area contributed by atoms with Crippen LogP contribution < -0.4 is 4.74 Å². The molecule has 3 heterocycles. The third-order valence-electron chi connectivity index (χ3n) is 4.96. The first-order valence-corrected chi connectivity index (χ1v) is 9.48. The second-order valence-corrected chi connectivity index (χ2v) is 8.01. The van der Waals surface area contributed by atoms with E-state index in [2.05, 4.69) is 9.97 Å². The van der Waals surface area contributed by atoms with Crippen LogP contribution in [0.4, 0.5) is 0 Å². The van der Waals surface area contributed by atoms with Crippen molar-refractivity contribution < 1.29 is 24.2 Å². The molecule has 1 aliphatic rings. The van der Waals surface area contributed by atoms with Crippen LogP contribution in [-0.2, 0) is 16.1 Å². The van der Waals surface area contributed by atoms with Gasteiger partial charge in [-0.3, -0.25) is 9.59 Å². The number of carboxylic acid groups (broad SMARTS) is 1. The van der Waals surface area contributed by atoms with Crippen LogP contribution in [0, 0.1) is 12.3 Å². The summed E-state index contributed by atoms with van der Waals surface area (Å²) in [6, 6.07) is 0. The van der Waals surface area contributed by atoms with Crippen LogP contribution in [0.3, 0.4) is 0 Å². The Hall–Kier alpha value is -2.26. The van der Waals surface area contributed by atoms with Crippen LogP contribution in [-0.4, -0.2) is 59.2 Å². The Morgan fingerprint density at radius 1 is 1.33 bits per heavy atom. The molecule has 2 aromatic rings. The van der Waals surface area contributed by atoms with E-state index in [1.807, 2.05) is 6.92 Å². The lowest BCUT2D eigenvalue weighted by molar-refractivity contribution is -0.150. The number of methoxy groups -OCH3 is 2. The topological polar surface area (TPSA) is 102 Å². The van der Waals surface area contributed by atoms with Crippen molar-refractivity contribution in [3.05, 3.63) is 16.3 Å². The van der Waals surface area contributed by atoms with Gasteiger partial charge < -0.3 is 19.5 Å². The van der Waals surface area contributed by atoms with Crippen molar-refractivity contribution in [3.8, 4) is 5.88 Å². The summed E-state index contributed by atoms with van der Waals surface area (Å²) < 4.78 is 10.5. The molecule has 1 aliphatic heterocycles. The summed E-state index contributed by atoms with van der Waals surface area (Å²) in [6.07, 6.45) is 1.23. The zero-order valence-corrected chi connectivity index (χ0v) is 16.7. The van der Waals surface area contributed by atoms with Gasteiger partial charge in [0.1, 0.15) is 11.4 Å². The molecule has 1 amide bonds. The Kier molecular flexibility index (Phi) is 5.34. The molecule has 1 fully saturated rings. The Balaban J connectivity index is 2.00. The summed E-state index contributed by atoms with van der Waals surface area (Å²) in [5, 5.41) is 10.2. The maximum atomic E-state index is 13.1. The van der Waals surface area contributed by atoms with E-state index in [1.165, 1.54) is 18.4 Å². The first-order chi connectivity index (χ1) is 12.8. The van der Waals surface area contributed by atoms with Crippen molar-refractivity contribution in [1.82, 2.24) is 14.9 Å². The number of piperidine rings is 1. The fraction of sp³-hybridized carbons (Fsp3) is 0.556. The van der Waals surface area contributed by atoms with Crippen molar-refractivity contribution in [2.24, 2.45) is 5.41 Å². The molecule has 0 spiro atoms. The fourth-order valence-corrected chi connectivity index (χ4v) is 4.58. The number of likely N-dealkylation sites (tertiary alicyclic amines) is 1. The number of amides is 1. The minimum absolute atomic E-state index is 0.169. The number of carbonyl (C=O) groups is 2. The quantitative estimate of drug-likeness (QED) is 0.832. The largest absolute Gasteiger partial charge is 0.481 e. The van der Waals surface area contributed by atoms with Gasteiger partial charge in [0.15, 0.2) is 5.82 Å². The Bertz CT molecular complexity index is 897. The van der Waals surface area contributed by atoms with Gasteiger partial charge in [0, 0.05) is 20.2 Å². The van der Waals surface area contributed by atoms with Gasteiger partial charge in [-0.05, 0) is 32.3 Å². The van der Waals surface area contributed by atoms with E-state index < -0.39 is 11.4 Å². The number of aromatic nitrogens is 2. The highest BCUT2D eigenvalue weighted by molar-refractivity contribution is 7.20. The Morgan fingerprint density at radius 2 is 2.07 bits per heavy atom. The Morgan fingerprint density at radius 3 is 2.70 bits per heavy atom. The van der Waals surface area contributed by atoms with Gasteiger partial charge in [0.25, 0.3) is 5.91 Å². The molecule has 0 bridgehead atoms. The summed E-state index contributed by atoms with van der Waals surface area (Å²) >= 11 is 1.28. The number of hydrogen-bond acceptors (Lipinski definition) is 7. The van der Waals surface area contributed by atoms with E-state index in [4.69, 9.17) is 9.47 Å². The highest BCUT2D eigenvalue weighted by Gasteiger charge is 2.40. The predicted molar refractivity (Wildman–Crippen MR) is 100 cm³/mol. The third kappa shape index (κ3) is 3.49. The Labute approximate surface area is 161 Å². The van der Waals surface area contributed by atoms with Crippen LogP contribution >= 0.6 is 11.3 Å². The number of carbonyl (C=O) groups excluding carboxylic acids is 1. The maximum absolute atomic E-state index is 13.1. The van der Waals surface area contributed by atoms with E-state index in [0.29, 0.717) is 46.2 Å². The smallest absolute Gasteiger partial charge is 0.311 e. The van der Waals surface area contributed by atoms with Crippen molar-refractivity contribution in [1.29, 1.82) is 0 Å². The number of nitrogens with zero attached hydrogens (tertiary/aromatic N) is 3. The molecule has 146 valence electrons. The normalized spacial score (nSPS) is 20.1. The molecule has 3 rings (SSSR count). The summed E-state index contributed by atoms with van der Waals surface area (Å²) in [7, 11) is 3.09. The SMILES string of the molecule is COCc1nc(OC)c2c(C)c(C(=O)N3CCCC(C)(C(=O)O)C3)sc2n1. The second-order valence-electron chi connectivity index (χ2n) is 7.01. The number of thiophene rings is 1. The summed E-state index contributed by atoms with van der Waals surface area (Å²) in [4.78, 5) is 36.4. The number of aryl methyl sites for hydroxylation is 1. The standard InChI is InChI=1S/C18H23N3O5S/c1-10-12-14(26-4)19-11(8-25-3)20-15(12)27-13(10)16(22)21-7-5-6-18(2,9-21)17(23)24/h5-9H2,1-4H3,(H,23,24). The summed E-state index contributed by atoms with van der Waals surface area (Å²) in [5.74, 6) is -0.143. The number of rotatable bonds is 5. The molecule has 1 atom stereocenters. The van der Waals surface area contributed by atoms with Gasteiger partial charge >= 0.3 is 5.97 Å². The minimum Gasteiger partial charge on any atom is -0.481 e. The van der Waals surface area contributed by atoms with Gasteiger partial charge in [-0.1, -0.05) is 0 Å². The van der Waals surface area contributed by atoms with Gasteiger partial charge in [0.2, 0.25) is 5.88 Å². The average Bonchev–Trinajstić information content (AvgIpc) is 2.97. The number of hydrogen-bond donors (Lipinski definition) is 1. The number of fused-ring (bicyclic) bond motifs is 1. The fourth-order valence-electron chi connectivity index (χ4n) is 3.42. The maximum Gasteiger partial charge on any atom is 0.311 e. The molecule has 1 saturated heterocycles. The highest BCUT2D eigenvalue weighted by atomic mass is 32.1.